The maximum Gasteiger partial charge on any atom is 0.409 e. The van der Waals surface area contributed by atoms with Gasteiger partial charge in [-0.05, 0) is 31.0 Å². The maximum atomic E-state index is 12.3. The van der Waals surface area contributed by atoms with E-state index < -0.39 is 0 Å². The standard InChI is InChI=1S/C16H21ClN2O4/c1-22-14-4-2-3-12(11-14)15(20)18-13-5-8-19(9-6-13)16(21)23-10-7-17/h2-4,11,13H,5-10H2,1H3,(H,18,20). The van der Waals surface area contributed by atoms with Crippen LogP contribution in [0.15, 0.2) is 24.3 Å². The number of benzene rings is 1. The van der Waals surface area contributed by atoms with Crippen LogP contribution in [0.25, 0.3) is 0 Å². The normalized spacial score (nSPS) is 15.1. The molecule has 6 nitrogen and oxygen atoms in total. The van der Waals surface area contributed by atoms with Crippen molar-refractivity contribution in [1.29, 1.82) is 0 Å². The number of likely N-dealkylation sites (tertiary alicyclic amines) is 1. The number of nitrogens with one attached hydrogen (secondary N) is 1. The molecule has 1 aliphatic heterocycles. The molecule has 2 rings (SSSR count). The fourth-order valence-electron chi connectivity index (χ4n) is 2.46. The van der Waals surface area contributed by atoms with Gasteiger partial charge in [0.15, 0.2) is 0 Å². The number of alkyl halides is 1. The summed E-state index contributed by atoms with van der Waals surface area (Å²) in [6.07, 6.45) is 1.06. The Morgan fingerprint density at radius 1 is 1.35 bits per heavy atom. The lowest BCUT2D eigenvalue weighted by atomic mass is 10.0. The molecule has 1 aromatic rings. The van der Waals surface area contributed by atoms with Crippen molar-refractivity contribution in [3.05, 3.63) is 29.8 Å². The van der Waals surface area contributed by atoms with Crippen LogP contribution in [0.1, 0.15) is 23.2 Å². The topological polar surface area (TPSA) is 67.9 Å². The highest BCUT2D eigenvalue weighted by molar-refractivity contribution is 6.18. The smallest absolute Gasteiger partial charge is 0.409 e. The largest absolute Gasteiger partial charge is 0.497 e. The van der Waals surface area contributed by atoms with Crippen LogP contribution in [0.4, 0.5) is 4.79 Å². The van der Waals surface area contributed by atoms with E-state index in [0.29, 0.717) is 43.1 Å². The van der Waals surface area contributed by atoms with Crippen molar-refractivity contribution in [2.24, 2.45) is 0 Å². The van der Waals surface area contributed by atoms with E-state index in [1.54, 1.807) is 36.3 Å². The zero-order valence-corrected chi connectivity index (χ0v) is 13.8. The Balaban J connectivity index is 1.81. The minimum atomic E-state index is -0.344. The highest BCUT2D eigenvalue weighted by atomic mass is 35.5. The van der Waals surface area contributed by atoms with E-state index in [0.717, 1.165) is 0 Å². The lowest BCUT2D eigenvalue weighted by molar-refractivity contribution is 0.0861. The molecule has 7 heteroatoms. The van der Waals surface area contributed by atoms with E-state index in [-0.39, 0.29) is 24.6 Å². The molecule has 2 amide bonds. The summed E-state index contributed by atoms with van der Waals surface area (Å²) in [6, 6.07) is 7.07. The highest BCUT2D eigenvalue weighted by Crippen LogP contribution is 2.15. The van der Waals surface area contributed by atoms with Crippen LogP contribution in [0.3, 0.4) is 0 Å². The van der Waals surface area contributed by atoms with Crippen molar-refractivity contribution < 1.29 is 19.1 Å². The third kappa shape index (κ3) is 5.03. The lowest BCUT2D eigenvalue weighted by Gasteiger charge is -2.31. The molecule has 0 spiro atoms. The number of rotatable bonds is 5. The molecule has 0 radical (unpaired) electrons. The van der Waals surface area contributed by atoms with Gasteiger partial charge in [-0.15, -0.1) is 11.6 Å². The SMILES string of the molecule is COc1cccc(C(=O)NC2CCN(C(=O)OCCCl)CC2)c1. The van der Waals surface area contributed by atoms with E-state index in [2.05, 4.69) is 5.32 Å². The van der Waals surface area contributed by atoms with E-state index >= 15 is 0 Å². The molecule has 0 saturated carbocycles. The molecule has 1 aliphatic rings. The second kappa shape index (κ2) is 8.62. The number of carbonyl (C=O) groups is 2. The molecule has 0 aromatic heterocycles. The second-order valence-corrected chi connectivity index (χ2v) is 5.65. The zero-order chi connectivity index (χ0) is 16.7. The first kappa shape index (κ1) is 17.4. The minimum absolute atomic E-state index is 0.0470. The van der Waals surface area contributed by atoms with Crippen molar-refractivity contribution in [3.8, 4) is 5.75 Å². The summed E-state index contributed by atoms with van der Waals surface area (Å²) in [5.41, 5.74) is 0.563. The zero-order valence-electron chi connectivity index (χ0n) is 13.1. The average Bonchev–Trinajstić information content (AvgIpc) is 2.60. The van der Waals surface area contributed by atoms with Gasteiger partial charge < -0.3 is 19.7 Å². The first-order chi connectivity index (χ1) is 11.1. The van der Waals surface area contributed by atoms with Crippen molar-refractivity contribution in [2.45, 2.75) is 18.9 Å². The van der Waals surface area contributed by atoms with Gasteiger partial charge in [0.05, 0.1) is 13.0 Å². The fourth-order valence-corrected chi connectivity index (χ4v) is 2.53. The first-order valence-electron chi connectivity index (χ1n) is 7.56. The maximum absolute atomic E-state index is 12.3. The summed E-state index contributed by atoms with van der Waals surface area (Å²) in [6.45, 7) is 1.33. The summed E-state index contributed by atoms with van der Waals surface area (Å²) in [4.78, 5) is 25.6. The van der Waals surface area contributed by atoms with Gasteiger partial charge >= 0.3 is 6.09 Å². The number of amides is 2. The van der Waals surface area contributed by atoms with Crippen molar-refractivity contribution in [2.75, 3.05) is 32.7 Å². The van der Waals surface area contributed by atoms with Crippen LogP contribution in [0.2, 0.25) is 0 Å². The summed E-state index contributed by atoms with van der Waals surface area (Å²) in [5, 5.41) is 2.99. The van der Waals surface area contributed by atoms with Gasteiger partial charge in [-0.25, -0.2) is 4.79 Å². The molecule has 1 heterocycles. The minimum Gasteiger partial charge on any atom is -0.497 e. The van der Waals surface area contributed by atoms with E-state index in [1.165, 1.54) is 0 Å². The van der Waals surface area contributed by atoms with Crippen LogP contribution >= 0.6 is 11.6 Å². The quantitative estimate of drug-likeness (QED) is 0.835. The first-order valence-corrected chi connectivity index (χ1v) is 8.10. The molecular formula is C16H21ClN2O4. The number of ether oxygens (including phenoxy) is 2. The molecule has 0 bridgehead atoms. The summed E-state index contributed by atoms with van der Waals surface area (Å²) < 4.78 is 10.1. The van der Waals surface area contributed by atoms with Crippen LogP contribution < -0.4 is 10.1 Å². The monoisotopic (exact) mass is 340 g/mol. The number of hydrogen-bond acceptors (Lipinski definition) is 4. The van der Waals surface area contributed by atoms with Gasteiger partial charge in [0.25, 0.3) is 5.91 Å². The van der Waals surface area contributed by atoms with Crippen molar-refractivity contribution in [1.82, 2.24) is 10.2 Å². The predicted molar refractivity (Wildman–Crippen MR) is 87.1 cm³/mol. The van der Waals surface area contributed by atoms with Crippen molar-refractivity contribution >= 4 is 23.6 Å². The van der Waals surface area contributed by atoms with Crippen LogP contribution in [-0.2, 0) is 4.74 Å². The summed E-state index contributed by atoms with van der Waals surface area (Å²) in [5.74, 6) is 0.806. The average molecular weight is 341 g/mol. The van der Waals surface area contributed by atoms with Crippen LogP contribution in [0, 0.1) is 0 Å². The third-order valence-corrected chi connectivity index (χ3v) is 3.88. The number of piperidine rings is 1. The molecule has 0 aliphatic carbocycles. The van der Waals surface area contributed by atoms with Crippen LogP contribution in [-0.4, -0.2) is 55.6 Å². The van der Waals surface area contributed by atoms with Gasteiger partial charge in [0.2, 0.25) is 0 Å². The number of nitrogens with zero attached hydrogens (tertiary/aromatic N) is 1. The summed E-state index contributed by atoms with van der Waals surface area (Å²) >= 11 is 5.49. The van der Waals surface area contributed by atoms with E-state index in [9.17, 15) is 9.59 Å². The Kier molecular flexibility index (Phi) is 6.52. The van der Waals surface area contributed by atoms with E-state index in [4.69, 9.17) is 21.1 Å². The van der Waals surface area contributed by atoms with Gasteiger partial charge in [0, 0.05) is 24.7 Å². The molecule has 1 N–H and O–H groups in total. The molecule has 1 aromatic carbocycles. The molecule has 1 saturated heterocycles. The molecule has 23 heavy (non-hydrogen) atoms. The Morgan fingerprint density at radius 2 is 2.09 bits per heavy atom. The molecule has 0 unspecified atom stereocenters. The van der Waals surface area contributed by atoms with Gasteiger partial charge in [0.1, 0.15) is 12.4 Å². The second-order valence-electron chi connectivity index (χ2n) is 5.27. The Labute approximate surface area is 140 Å². The number of halogens is 1. The van der Waals surface area contributed by atoms with Crippen LogP contribution in [0.5, 0.6) is 5.75 Å². The fraction of sp³-hybridized carbons (Fsp3) is 0.500. The predicted octanol–water partition coefficient (Wildman–Crippen LogP) is 2.26. The number of hydrogen-bond donors (Lipinski definition) is 1. The molecule has 126 valence electrons. The number of carbonyl (C=O) groups excluding carboxylic acids is 2. The van der Waals surface area contributed by atoms with Gasteiger partial charge in [-0.2, -0.15) is 0 Å². The Hall–Kier alpha value is -1.95. The Bertz CT molecular complexity index is 545. The van der Waals surface area contributed by atoms with Crippen molar-refractivity contribution in [3.63, 3.8) is 0 Å². The summed E-state index contributed by atoms with van der Waals surface area (Å²) in [7, 11) is 1.57. The number of methoxy groups -OCH3 is 1. The van der Waals surface area contributed by atoms with Gasteiger partial charge in [-0.3, -0.25) is 4.79 Å². The third-order valence-electron chi connectivity index (χ3n) is 3.72. The highest BCUT2D eigenvalue weighted by Gasteiger charge is 2.25. The molecule has 0 atom stereocenters. The Morgan fingerprint density at radius 3 is 2.74 bits per heavy atom. The van der Waals surface area contributed by atoms with E-state index in [1.807, 2.05) is 0 Å². The molecular weight excluding hydrogens is 320 g/mol. The van der Waals surface area contributed by atoms with Gasteiger partial charge in [-0.1, -0.05) is 6.07 Å². The molecule has 1 fully saturated rings. The lowest BCUT2D eigenvalue weighted by Crippen LogP contribution is -2.46.